The molecule has 126 valence electrons. The van der Waals surface area contributed by atoms with Gasteiger partial charge in [-0.3, -0.25) is 14.9 Å². The summed E-state index contributed by atoms with van der Waals surface area (Å²) in [5.74, 6) is -12.1. The van der Waals surface area contributed by atoms with E-state index in [1.54, 1.807) is 5.32 Å². The largest absolute Gasteiger partial charge is 0.321 e. The Labute approximate surface area is 130 Å². The van der Waals surface area contributed by atoms with E-state index in [0.717, 1.165) is 12.1 Å². The molecule has 0 atom stereocenters. The maximum absolute atomic E-state index is 13.4. The number of nitro benzene ring substituents is 1. The van der Waals surface area contributed by atoms with Crippen LogP contribution in [0.25, 0.3) is 0 Å². The van der Waals surface area contributed by atoms with Crippen molar-refractivity contribution in [1.29, 1.82) is 0 Å². The van der Waals surface area contributed by atoms with Gasteiger partial charge in [-0.15, -0.1) is 0 Å². The van der Waals surface area contributed by atoms with E-state index in [2.05, 4.69) is 0 Å². The van der Waals surface area contributed by atoms with Crippen molar-refractivity contribution in [2.45, 2.75) is 6.42 Å². The number of carbonyl (C=O) groups is 1. The third-order valence-corrected chi connectivity index (χ3v) is 2.99. The van der Waals surface area contributed by atoms with Gasteiger partial charge in [-0.2, -0.15) is 0 Å². The number of nitrogens with zero attached hydrogens (tertiary/aromatic N) is 1. The molecule has 0 heterocycles. The number of hydrogen-bond acceptors (Lipinski definition) is 3. The molecule has 0 radical (unpaired) electrons. The van der Waals surface area contributed by atoms with E-state index in [-0.39, 0.29) is 11.3 Å². The van der Waals surface area contributed by atoms with E-state index in [1.165, 1.54) is 12.1 Å². The third kappa shape index (κ3) is 3.31. The second-order valence-electron chi connectivity index (χ2n) is 4.59. The first kappa shape index (κ1) is 17.3. The minimum atomic E-state index is -2.33. The number of carbonyl (C=O) groups excluding carboxylic acids is 1. The highest BCUT2D eigenvalue weighted by Gasteiger charge is 2.26. The average molecular weight is 346 g/mol. The normalized spacial score (nSPS) is 10.5. The molecule has 2 aromatic carbocycles. The molecule has 24 heavy (non-hydrogen) atoms. The molecule has 2 aromatic rings. The number of nitro groups is 1. The van der Waals surface area contributed by atoms with E-state index in [0.29, 0.717) is 0 Å². The predicted molar refractivity (Wildman–Crippen MR) is 71.7 cm³/mol. The van der Waals surface area contributed by atoms with Gasteiger partial charge >= 0.3 is 0 Å². The van der Waals surface area contributed by atoms with E-state index >= 15 is 0 Å². The minimum absolute atomic E-state index is 0.237. The number of rotatable bonds is 4. The van der Waals surface area contributed by atoms with Crippen LogP contribution in [-0.4, -0.2) is 10.8 Å². The Balaban J connectivity index is 2.20. The van der Waals surface area contributed by atoms with Gasteiger partial charge in [-0.25, -0.2) is 22.0 Å². The molecule has 0 saturated heterocycles. The lowest BCUT2D eigenvalue weighted by atomic mass is 10.1. The van der Waals surface area contributed by atoms with Gasteiger partial charge < -0.3 is 5.32 Å². The first-order chi connectivity index (χ1) is 11.2. The summed E-state index contributed by atoms with van der Waals surface area (Å²) in [6.45, 7) is 0. The van der Waals surface area contributed by atoms with Crippen LogP contribution in [0.1, 0.15) is 5.56 Å². The zero-order valence-corrected chi connectivity index (χ0v) is 11.6. The summed E-state index contributed by atoms with van der Waals surface area (Å²) in [6.07, 6.45) is -0.489. The molecular formula is C14H7F5N2O3. The molecule has 0 bridgehead atoms. The fourth-order valence-electron chi connectivity index (χ4n) is 1.82. The number of halogens is 5. The molecule has 10 heteroatoms. The van der Waals surface area contributed by atoms with Gasteiger partial charge in [-0.05, 0) is 5.56 Å². The van der Waals surface area contributed by atoms with Crippen molar-refractivity contribution < 1.29 is 31.7 Å². The lowest BCUT2D eigenvalue weighted by molar-refractivity contribution is -0.384. The highest BCUT2D eigenvalue weighted by atomic mass is 19.2. The lowest BCUT2D eigenvalue weighted by Crippen LogP contribution is -2.18. The molecule has 0 spiro atoms. The summed E-state index contributed by atoms with van der Waals surface area (Å²) in [7, 11) is 0. The van der Waals surface area contributed by atoms with Gasteiger partial charge in [-0.1, -0.05) is 12.1 Å². The van der Waals surface area contributed by atoms with Gasteiger partial charge in [0.15, 0.2) is 23.3 Å². The molecule has 0 aromatic heterocycles. The Morgan fingerprint density at radius 3 is 1.83 bits per heavy atom. The highest BCUT2D eigenvalue weighted by molar-refractivity contribution is 5.92. The molecule has 0 saturated carbocycles. The number of benzene rings is 2. The van der Waals surface area contributed by atoms with Crippen molar-refractivity contribution in [3.8, 4) is 0 Å². The highest BCUT2D eigenvalue weighted by Crippen LogP contribution is 2.27. The molecule has 1 N–H and O–H groups in total. The molecule has 0 aliphatic rings. The fraction of sp³-hybridized carbons (Fsp3) is 0.0714. The van der Waals surface area contributed by atoms with Crippen LogP contribution < -0.4 is 5.32 Å². The summed E-state index contributed by atoms with van der Waals surface area (Å²) in [4.78, 5) is 21.5. The van der Waals surface area contributed by atoms with Crippen molar-refractivity contribution in [1.82, 2.24) is 0 Å². The fourth-order valence-corrected chi connectivity index (χ4v) is 1.82. The van der Waals surface area contributed by atoms with Crippen LogP contribution in [-0.2, 0) is 11.2 Å². The van der Waals surface area contributed by atoms with E-state index < -0.39 is 52.0 Å². The minimum Gasteiger partial charge on any atom is -0.321 e. The van der Waals surface area contributed by atoms with Crippen LogP contribution in [0, 0.1) is 39.2 Å². The molecule has 5 nitrogen and oxygen atoms in total. The second kappa shape index (κ2) is 6.60. The van der Waals surface area contributed by atoms with Crippen molar-refractivity contribution >= 4 is 17.3 Å². The zero-order valence-electron chi connectivity index (χ0n) is 11.6. The summed E-state index contributed by atoms with van der Waals surface area (Å²) >= 11 is 0. The molecule has 0 aliphatic carbocycles. The number of non-ortho nitro benzene ring substituents is 1. The standard InChI is InChI=1S/C14H7F5N2O3/c15-9-10(16)12(18)14(13(19)11(9)17)20-8(22)5-6-1-3-7(4-2-6)21(23)24/h1-4H,5H2,(H,20,22). The molecule has 0 aliphatic heterocycles. The van der Waals surface area contributed by atoms with Crippen LogP contribution in [0.3, 0.4) is 0 Å². The summed E-state index contributed by atoms with van der Waals surface area (Å²) in [6, 6.07) is 4.63. The van der Waals surface area contributed by atoms with Gasteiger partial charge in [0.1, 0.15) is 5.69 Å². The van der Waals surface area contributed by atoms with E-state index in [1.807, 2.05) is 0 Å². The summed E-state index contributed by atoms with van der Waals surface area (Å²) in [5, 5.41) is 12.1. The second-order valence-corrected chi connectivity index (χ2v) is 4.59. The van der Waals surface area contributed by atoms with Gasteiger partial charge in [0.2, 0.25) is 11.7 Å². The average Bonchev–Trinajstić information content (AvgIpc) is 2.55. The Kier molecular flexibility index (Phi) is 4.77. The molecule has 2 rings (SSSR count). The Morgan fingerprint density at radius 1 is 0.917 bits per heavy atom. The molecule has 0 unspecified atom stereocenters. The monoisotopic (exact) mass is 346 g/mol. The quantitative estimate of drug-likeness (QED) is 0.303. The number of amides is 1. The lowest BCUT2D eigenvalue weighted by Gasteiger charge is -2.09. The van der Waals surface area contributed by atoms with Crippen LogP contribution in [0.15, 0.2) is 24.3 Å². The Bertz CT molecular complexity index is 795. The van der Waals surface area contributed by atoms with Crippen molar-refractivity contribution in [2.75, 3.05) is 5.32 Å². The predicted octanol–water partition coefficient (Wildman–Crippen LogP) is 3.47. The maximum Gasteiger partial charge on any atom is 0.269 e. The van der Waals surface area contributed by atoms with Crippen LogP contribution >= 0.6 is 0 Å². The first-order valence-electron chi connectivity index (χ1n) is 6.27. The third-order valence-electron chi connectivity index (χ3n) is 2.99. The van der Waals surface area contributed by atoms with E-state index in [4.69, 9.17) is 0 Å². The van der Waals surface area contributed by atoms with Crippen LogP contribution in [0.2, 0.25) is 0 Å². The smallest absolute Gasteiger partial charge is 0.269 e. The molecular weight excluding hydrogens is 339 g/mol. The summed E-state index contributed by atoms with van der Waals surface area (Å²) in [5.41, 5.74) is -1.46. The van der Waals surface area contributed by atoms with E-state index in [9.17, 15) is 36.9 Å². The van der Waals surface area contributed by atoms with Crippen molar-refractivity contribution in [3.05, 3.63) is 69.0 Å². The zero-order chi connectivity index (χ0) is 18.0. The first-order valence-corrected chi connectivity index (χ1v) is 6.27. The van der Waals surface area contributed by atoms with Gasteiger partial charge in [0.05, 0.1) is 11.3 Å². The number of hydrogen-bond donors (Lipinski definition) is 1. The van der Waals surface area contributed by atoms with Crippen molar-refractivity contribution in [3.63, 3.8) is 0 Å². The SMILES string of the molecule is O=C(Cc1ccc([N+](=O)[O-])cc1)Nc1c(F)c(F)c(F)c(F)c1F. The summed E-state index contributed by atoms with van der Waals surface area (Å²) < 4.78 is 65.8. The molecule has 0 fully saturated rings. The maximum atomic E-state index is 13.4. The van der Waals surface area contributed by atoms with Crippen LogP contribution in [0.4, 0.5) is 33.3 Å². The van der Waals surface area contributed by atoms with Gasteiger partial charge in [0, 0.05) is 12.1 Å². The Hall–Kier alpha value is -3.04. The number of nitrogens with one attached hydrogen (secondary N) is 1. The number of anilines is 1. The van der Waals surface area contributed by atoms with Crippen molar-refractivity contribution in [2.24, 2.45) is 0 Å². The molecule has 1 amide bonds. The Morgan fingerprint density at radius 2 is 1.38 bits per heavy atom. The topological polar surface area (TPSA) is 72.2 Å². The van der Waals surface area contributed by atoms with Gasteiger partial charge in [0.25, 0.3) is 5.69 Å². The van der Waals surface area contributed by atoms with Crippen LogP contribution in [0.5, 0.6) is 0 Å².